The predicted octanol–water partition coefficient (Wildman–Crippen LogP) is 1.76. The van der Waals surface area contributed by atoms with Crippen molar-refractivity contribution < 1.29 is 19.4 Å². The standard InChI is InChI=1S/C14H19NO4/c1-10(2)19-12-5-3-11(4-6-12)15-7-8-18-13(9-15)14(16)17/h3-6,10,13H,7-9H2,1-2H3,(H,16,17). The molecule has 0 amide bonds. The van der Waals surface area contributed by atoms with Crippen LogP contribution in [0, 0.1) is 0 Å². The number of hydrogen-bond donors (Lipinski definition) is 1. The molecule has 2 rings (SSSR count). The topological polar surface area (TPSA) is 59.0 Å². The lowest BCUT2D eigenvalue weighted by atomic mass is 10.2. The van der Waals surface area contributed by atoms with E-state index in [0.29, 0.717) is 19.7 Å². The van der Waals surface area contributed by atoms with Gasteiger partial charge in [0.1, 0.15) is 5.75 Å². The van der Waals surface area contributed by atoms with Gasteiger partial charge in [-0.2, -0.15) is 0 Å². The van der Waals surface area contributed by atoms with E-state index < -0.39 is 12.1 Å². The number of hydrogen-bond acceptors (Lipinski definition) is 4. The summed E-state index contributed by atoms with van der Waals surface area (Å²) < 4.78 is 10.8. The molecular weight excluding hydrogens is 246 g/mol. The monoisotopic (exact) mass is 265 g/mol. The minimum absolute atomic E-state index is 0.144. The van der Waals surface area contributed by atoms with E-state index >= 15 is 0 Å². The molecule has 1 N–H and O–H groups in total. The molecule has 19 heavy (non-hydrogen) atoms. The highest BCUT2D eigenvalue weighted by Crippen LogP contribution is 2.22. The number of anilines is 1. The van der Waals surface area contributed by atoms with Crippen molar-refractivity contribution in [2.24, 2.45) is 0 Å². The van der Waals surface area contributed by atoms with E-state index in [2.05, 4.69) is 0 Å². The minimum Gasteiger partial charge on any atom is -0.491 e. The summed E-state index contributed by atoms with van der Waals surface area (Å²) in [4.78, 5) is 13.0. The molecular formula is C14H19NO4. The molecule has 1 aliphatic heterocycles. The van der Waals surface area contributed by atoms with Crippen molar-refractivity contribution in [3.63, 3.8) is 0 Å². The van der Waals surface area contributed by atoms with Crippen molar-refractivity contribution in [1.82, 2.24) is 0 Å². The van der Waals surface area contributed by atoms with E-state index in [-0.39, 0.29) is 6.10 Å². The highest BCUT2D eigenvalue weighted by molar-refractivity contribution is 5.73. The Morgan fingerprint density at radius 3 is 2.68 bits per heavy atom. The van der Waals surface area contributed by atoms with Gasteiger partial charge < -0.3 is 19.5 Å². The Hall–Kier alpha value is -1.75. The summed E-state index contributed by atoms with van der Waals surface area (Å²) in [6, 6.07) is 7.70. The fourth-order valence-electron chi connectivity index (χ4n) is 2.04. The fraction of sp³-hybridized carbons (Fsp3) is 0.500. The van der Waals surface area contributed by atoms with Crippen molar-refractivity contribution in [2.75, 3.05) is 24.6 Å². The Balaban J connectivity index is 2.03. The van der Waals surface area contributed by atoms with Gasteiger partial charge in [-0.1, -0.05) is 0 Å². The summed E-state index contributed by atoms with van der Waals surface area (Å²) in [6.07, 6.45) is -0.606. The summed E-state index contributed by atoms with van der Waals surface area (Å²) in [6.45, 7) is 5.47. The second-order valence-corrected chi connectivity index (χ2v) is 4.80. The number of carbonyl (C=O) groups is 1. The zero-order valence-electron chi connectivity index (χ0n) is 11.2. The van der Waals surface area contributed by atoms with Crippen molar-refractivity contribution in [2.45, 2.75) is 26.1 Å². The first-order valence-corrected chi connectivity index (χ1v) is 6.42. The summed E-state index contributed by atoms with van der Waals surface area (Å²) in [7, 11) is 0. The van der Waals surface area contributed by atoms with Crippen LogP contribution in [0.1, 0.15) is 13.8 Å². The molecule has 0 spiro atoms. The largest absolute Gasteiger partial charge is 0.491 e. The van der Waals surface area contributed by atoms with E-state index in [0.717, 1.165) is 11.4 Å². The van der Waals surface area contributed by atoms with E-state index in [9.17, 15) is 4.79 Å². The maximum Gasteiger partial charge on any atom is 0.334 e. The first-order chi connectivity index (χ1) is 9.06. The number of morpholine rings is 1. The summed E-state index contributed by atoms with van der Waals surface area (Å²) >= 11 is 0. The number of carboxylic acids is 1. The molecule has 0 aromatic heterocycles. The van der Waals surface area contributed by atoms with Crippen LogP contribution in [0.5, 0.6) is 5.75 Å². The third-order valence-electron chi connectivity index (χ3n) is 2.92. The van der Waals surface area contributed by atoms with Crippen LogP contribution >= 0.6 is 0 Å². The molecule has 1 heterocycles. The molecule has 1 saturated heterocycles. The van der Waals surface area contributed by atoms with Gasteiger partial charge in [0.15, 0.2) is 6.10 Å². The summed E-state index contributed by atoms with van der Waals surface area (Å²) in [5.41, 5.74) is 0.991. The van der Waals surface area contributed by atoms with Crippen LogP contribution in [-0.2, 0) is 9.53 Å². The van der Waals surface area contributed by atoms with Crippen molar-refractivity contribution >= 4 is 11.7 Å². The van der Waals surface area contributed by atoms with Gasteiger partial charge >= 0.3 is 5.97 Å². The van der Waals surface area contributed by atoms with Gasteiger partial charge in [-0.15, -0.1) is 0 Å². The number of ether oxygens (including phenoxy) is 2. The van der Waals surface area contributed by atoms with Gasteiger partial charge in [-0.25, -0.2) is 4.79 Å². The lowest BCUT2D eigenvalue weighted by Crippen LogP contribution is -2.46. The molecule has 104 valence electrons. The fourth-order valence-corrected chi connectivity index (χ4v) is 2.04. The van der Waals surface area contributed by atoms with Crippen molar-refractivity contribution in [1.29, 1.82) is 0 Å². The lowest BCUT2D eigenvalue weighted by molar-refractivity contribution is -0.150. The van der Waals surface area contributed by atoms with Crippen molar-refractivity contribution in [3.8, 4) is 5.75 Å². The molecule has 0 radical (unpaired) electrons. The first-order valence-electron chi connectivity index (χ1n) is 6.42. The molecule has 0 bridgehead atoms. The van der Waals surface area contributed by atoms with Crippen LogP contribution in [0.3, 0.4) is 0 Å². The molecule has 1 atom stereocenters. The average molecular weight is 265 g/mol. The molecule has 0 saturated carbocycles. The molecule has 1 fully saturated rings. The van der Waals surface area contributed by atoms with E-state index in [1.54, 1.807) is 0 Å². The highest BCUT2D eigenvalue weighted by Gasteiger charge is 2.26. The zero-order valence-corrected chi connectivity index (χ0v) is 11.2. The van der Waals surface area contributed by atoms with Crippen LogP contribution in [0.2, 0.25) is 0 Å². The number of benzene rings is 1. The van der Waals surface area contributed by atoms with E-state index in [4.69, 9.17) is 14.6 Å². The zero-order chi connectivity index (χ0) is 13.8. The number of rotatable bonds is 4. The number of carboxylic acid groups (broad SMARTS) is 1. The van der Waals surface area contributed by atoms with E-state index in [1.807, 2.05) is 43.0 Å². The quantitative estimate of drug-likeness (QED) is 0.899. The average Bonchev–Trinajstić information content (AvgIpc) is 2.39. The number of aliphatic carboxylic acids is 1. The lowest BCUT2D eigenvalue weighted by Gasteiger charge is -2.32. The van der Waals surface area contributed by atoms with Crippen LogP contribution in [0.15, 0.2) is 24.3 Å². The first kappa shape index (κ1) is 13.7. The van der Waals surface area contributed by atoms with Crippen LogP contribution in [-0.4, -0.2) is 43.0 Å². The molecule has 5 heteroatoms. The Kier molecular flexibility index (Phi) is 4.27. The van der Waals surface area contributed by atoms with Gasteiger partial charge in [-0.3, -0.25) is 0 Å². The molecule has 1 unspecified atom stereocenters. The molecule has 1 aliphatic rings. The van der Waals surface area contributed by atoms with Gasteiger partial charge in [0.2, 0.25) is 0 Å². The van der Waals surface area contributed by atoms with Crippen LogP contribution in [0.4, 0.5) is 5.69 Å². The smallest absolute Gasteiger partial charge is 0.334 e. The minimum atomic E-state index is -0.913. The number of nitrogens with zero attached hydrogens (tertiary/aromatic N) is 1. The van der Waals surface area contributed by atoms with Crippen molar-refractivity contribution in [3.05, 3.63) is 24.3 Å². The van der Waals surface area contributed by atoms with Gasteiger partial charge in [0, 0.05) is 12.2 Å². The van der Waals surface area contributed by atoms with Crippen LogP contribution in [0.25, 0.3) is 0 Å². The van der Waals surface area contributed by atoms with Gasteiger partial charge in [0.25, 0.3) is 0 Å². The molecule has 5 nitrogen and oxygen atoms in total. The molecule has 1 aromatic carbocycles. The SMILES string of the molecule is CC(C)Oc1ccc(N2CCOC(C(=O)O)C2)cc1. The second-order valence-electron chi connectivity index (χ2n) is 4.80. The third-order valence-corrected chi connectivity index (χ3v) is 2.92. The maximum absolute atomic E-state index is 10.9. The predicted molar refractivity (Wildman–Crippen MR) is 71.8 cm³/mol. The summed E-state index contributed by atoms with van der Waals surface area (Å²) in [5.74, 6) is -0.0914. The van der Waals surface area contributed by atoms with Gasteiger partial charge in [0.05, 0.1) is 19.3 Å². The summed E-state index contributed by atoms with van der Waals surface area (Å²) in [5, 5.41) is 8.97. The normalized spacial score (nSPS) is 19.5. The Labute approximate surface area is 112 Å². The Bertz CT molecular complexity index is 430. The second kappa shape index (κ2) is 5.93. The Morgan fingerprint density at radius 1 is 1.42 bits per heavy atom. The Morgan fingerprint density at radius 2 is 2.11 bits per heavy atom. The molecule has 1 aromatic rings. The van der Waals surface area contributed by atoms with E-state index in [1.165, 1.54) is 0 Å². The third kappa shape index (κ3) is 3.61. The van der Waals surface area contributed by atoms with Crippen LogP contribution < -0.4 is 9.64 Å². The van der Waals surface area contributed by atoms with Gasteiger partial charge in [-0.05, 0) is 38.1 Å². The highest BCUT2D eigenvalue weighted by atomic mass is 16.5. The maximum atomic E-state index is 10.9. The molecule has 0 aliphatic carbocycles.